The third kappa shape index (κ3) is 5.15. The van der Waals surface area contributed by atoms with E-state index in [-0.39, 0.29) is 5.82 Å². The maximum Gasteiger partial charge on any atom is 0.202 e. The van der Waals surface area contributed by atoms with E-state index >= 15 is 0 Å². The zero-order valence-electron chi connectivity index (χ0n) is 17.3. The minimum atomic E-state index is -0.274. The van der Waals surface area contributed by atoms with Crippen LogP contribution < -0.4 is 15.1 Å². The van der Waals surface area contributed by atoms with Crippen LogP contribution in [0, 0.1) is 11.2 Å². The summed E-state index contributed by atoms with van der Waals surface area (Å²) < 4.78 is 28.5. The van der Waals surface area contributed by atoms with E-state index in [4.69, 9.17) is 14.9 Å². The van der Waals surface area contributed by atoms with Crippen LogP contribution in [0.5, 0.6) is 11.5 Å². The minimum Gasteiger partial charge on any atom is -0.494 e. The summed E-state index contributed by atoms with van der Waals surface area (Å²) in [4.78, 5) is 0. The van der Waals surface area contributed by atoms with Crippen LogP contribution in [0.3, 0.4) is 0 Å². The van der Waals surface area contributed by atoms with Crippen LogP contribution in [0.4, 0.5) is 4.39 Å². The van der Waals surface area contributed by atoms with Crippen molar-refractivity contribution in [3.8, 4) is 11.5 Å². The molecule has 6 heteroatoms. The van der Waals surface area contributed by atoms with Crippen molar-refractivity contribution in [2.24, 2.45) is 0 Å². The van der Waals surface area contributed by atoms with Gasteiger partial charge in [-0.1, -0.05) is 30.3 Å². The lowest BCUT2D eigenvalue weighted by molar-refractivity contribution is 0.297. The Morgan fingerprint density at radius 2 is 1.13 bits per heavy atom. The van der Waals surface area contributed by atoms with E-state index in [2.05, 4.69) is 6.07 Å². The fourth-order valence-electron chi connectivity index (χ4n) is 3.62. The second-order valence-electron chi connectivity index (χ2n) is 7.29. The van der Waals surface area contributed by atoms with Crippen molar-refractivity contribution in [2.75, 3.05) is 13.2 Å². The Labute approximate surface area is 180 Å². The molecule has 0 aliphatic carbocycles. The predicted molar refractivity (Wildman–Crippen MR) is 119 cm³/mol. The highest BCUT2D eigenvalue weighted by atomic mass is 19.1. The number of benzene rings is 3. The molecule has 0 radical (unpaired) electrons. The lowest BCUT2D eigenvalue weighted by atomic mass is 10.3. The Bertz CT molecular complexity index is 1170. The molecule has 0 saturated heterocycles. The second-order valence-corrected chi connectivity index (χ2v) is 7.29. The SMILES string of the molecule is N=c1n(CCCOc2ccccc2)c2ccccc2n1CCCOc1ccc(F)cc1. The molecule has 0 bridgehead atoms. The van der Waals surface area contributed by atoms with Crippen LogP contribution in [-0.4, -0.2) is 22.3 Å². The number of halogens is 1. The molecule has 4 aromatic rings. The van der Waals surface area contributed by atoms with E-state index in [0.29, 0.717) is 37.7 Å². The molecular formula is C25H26FN3O2. The van der Waals surface area contributed by atoms with Crippen LogP contribution in [0.1, 0.15) is 12.8 Å². The van der Waals surface area contributed by atoms with Gasteiger partial charge in [-0.15, -0.1) is 0 Å². The van der Waals surface area contributed by atoms with Crippen molar-refractivity contribution in [3.05, 3.63) is 90.3 Å². The maximum atomic E-state index is 13.0. The molecule has 0 fully saturated rings. The van der Waals surface area contributed by atoms with Crippen molar-refractivity contribution in [1.82, 2.24) is 9.13 Å². The monoisotopic (exact) mass is 419 g/mol. The van der Waals surface area contributed by atoms with Crippen molar-refractivity contribution < 1.29 is 13.9 Å². The van der Waals surface area contributed by atoms with Gasteiger partial charge in [0.1, 0.15) is 17.3 Å². The molecule has 3 aromatic carbocycles. The number of nitrogens with zero attached hydrogens (tertiary/aromatic N) is 2. The van der Waals surface area contributed by atoms with Gasteiger partial charge in [-0.05, 0) is 61.4 Å². The van der Waals surface area contributed by atoms with Gasteiger partial charge in [-0.2, -0.15) is 0 Å². The van der Waals surface area contributed by atoms with Crippen molar-refractivity contribution in [3.63, 3.8) is 0 Å². The first-order chi connectivity index (χ1) is 15.2. The van der Waals surface area contributed by atoms with Crippen molar-refractivity contribution >= 4 is 11.0 Å². The van der Waals surface area contributed by atoms with E-state index in [1.165, 1.54) is 12.1 Å². The topological polar surface area (TPSA) is 52.2 Å². The highest BCUT2D eigenvalue weighted by Gasteiger charge is 2.10. The number of aryl methyl sites for hydroxylation is 2. The number of rotatable bonds is 10. The Balaban J connectivity index is 1.37. The van der Waals surface area contributed by atoms with E-state index < -0.39 is 0 Å². The zero-order valence-corrected chi connectivity index (χ0v) is 17.3. The van der Waals surface area contributed by atoms with Gasteiger partial charge in [-0.3, -0.25) is 5.41 Å². The Morgan fingerprint density at radius 3 is 1.68 bits per heavy atom. The number of ether oxygens (including phenoxy) is 2. The summed E-state index contributed by atoms with van der Waals surface area (Å²) in [7, 11) is 0. The average molecular weight is 420 g/mol. The van der Waals surface area contributed by atoms with Gasteiger partial charge >= 0.3 is 0 Å². The zero-order chi connectivity index (χ0) is 21.5. The van der Waals surface area contributed by atoms with E-state index in [1.807, 2.05) is 57.7 Å². The van der Waals surface area contributed by atoms with Crippen LogP contribution in [0.2, 0.25) is 0 Å². The molecule has 4 rings (SSSR count). The van der Waals surface area contributed by atoms with Gasteiger partial charge in [0.05, 0.1) is 24.2 Å². The first kappa shape index (κ1) is 20.7. The summed E-state index contributed by atoms with van der Waals surface area (Å²) in [5, 5.41) is 8.70. The number of fused-ring (bicyclic) bond motifs is 1. The third-order valence-electron chi connectivity index (χ3n) is 5.12. The normalized spacial score (nSPS) is 11.0. The van der Waals surface area contributed by atoms with Crippen molar-refractivity contribution in [2.45, 2.75) is 25.9 Å². The predicted octanol–water partition coefficient (Wildman–Crippen LogP) is 5.00. The highest BCUT2D eigenvalue weighted by Crippen LogP contribution is 2.15. The smallest absolute Gasteiger partial charge is 0.202 e. The number of imidazole rings is 1. The first-order valence-electron chi connectivity index (χ1n) is 10.5. The molecule has 5 nitrogen and oxygen atoms in total. The molecule has 0 unspecified atom stereocenters. The van der Waals surface area contributed by atoms with Gasteiger partial charge in [-0.25, -0.2) is 4.39 Å². The lowest BCUT2D eigenvalue weighted by Crippen LogP contribution is -2.26. The highest BCUT2D eigenvalue weighted by molar-refractivity contribution is 5.75. The van der Waals surface area contributed by atoms with Gasteiger partial charge in [0, 0.05) is 13.1 Å². The van der Waals surface area contributed by atoms with Gasteiger partial charge in [0.15, 0.2) is 0 Å². The summed E-state index contributed by atoms with van der Waals surface area (Å²) in [5.41, 5.74) is 2.56. The fraction of sp³-hybridized carbons (Fsp3) is 0.240. The summed E-state index contributed by atoms with van der Waals surface area (Å²) >= 11 is 0. The Kier molecular flexibility index (Phi) is 6.67. The number of para-hydroxylation sites is 3. The largest absolute Gasteiger partial charge is 0.494 e. The fourth-order valence-corrected chi connectivity index (χ4v) is 3.62. The Hall–Kier alpha value is -3.54. The maximum absolute atomic E-state index is 13.0. The second kappa shape index (κ2) is 9.98. The summed E-state index contributed by atoms with van der Waals surface area (Å²) in [6.45, 7) is 2.49. The third-order valence-corrected chi connectivity index (χ3v) is 5.12. The van der Waals surface area contributed by atoms with Gasteiger partial charge in [0.25, 0.3) is 0 Å². The summed E-state index contributed by atoms with van der Waals surface area (Å²) in [6.07, 6.45) is 1.56. The van der Waals surface area contributed by atoms with Gasteiger partial charge in [0.2, 0.25) is 5.62 Å². The van der Waals surface area contributed by atoms with E-state index in [0.717, 1.165) is 29.6 Å². The molecule has 0 spiro atoms. The molecule has 1 heterocycles. The van der Waals surface area contributed by atoms with E-state index in [9.17, 15) is 4.39 Å². The molecule has 1 aromatic heterocycles. The minimum absolute atomic E-state index is 0.274. The first-order valence-corrected chi connectivity index (χ1v) is 10.5. The van der Waals surface area contributed by atoms with Gasteiger partial charge < -0.3 is 18.6 Å². The molecule has 160 valence electrons. The van der Waals surface area contributed by atoms with Crippen LogP contribution in [0.15, 0.2) is 78.9 Å². The summed E-state index contributed by atoms with van der Waals surface area (Å²) in [6, 6.07) is 23.9. The molecule has 0 aliphatic heterocycles. The van der Waals surface area contributed by atoms with Crippen LogP contribution >= 0.6 is 0 Å². The average Bonchev–Trinajstić information content (AvgIpc) is 3.07. The summed E-state index contributed by atoms with van der Waals surface area (Å²) in [5.74, 6) is 1.24. The molecule has 0 atom stereocenters. The molecule has 31 heavy (non-hydrogen) atoms. The Morgan fingerprint density at radius 1 is 0.645 bits per heavy atom. The number of hydrogen-bond donors (Lipinski definition) is 1. The van der Waals surface area contributed by atoms with Crippen LogP contribution in [0.25, 0.3) is 11.0 Å². The van der Waals surface area contributed by atoms with Crippen molar-refractivity contribution in [1.29, 1.82) is 5.41 Å². The molecule has 0 saturated carbocycles. The quantitative estimate of drug-likeness (QED) is 0.368. The molecule has 0 aliphatic rings. The number of aromatic nitrogens is 2. The molecule has 0 amide bonds. The van der Waals surface area contributed by atoms with Crippen LogP contribution in [-0.2, 0) is 13.1 Å². The number of hydrogen-bond acceptors (Lipinski definition) is 3. The number of nitrogens with one attached hydrogen (secondary N) is 1. The molecule has 1 N–H and O–H groups in total. The standard InChI is InChI=1S/C25H26FN3O2/c26-20-12-14-22(15-13-20)31-19-7-17-29-24-11-5-4-10-23(24)28(25(29)27)16-6-18-30-21-8-2-1-3-9-21/h1-5,8-15,27H,6-7,16-19H2. The lowest BCUT2D eigenvalue weighted by Gasteiger charge is -2.08. The van der Waals surface area contributed by atoms with E-state index in [1.54, 1.807) is 12.1 Å². The molecular weight excluding hydrogens is 393 g/mol.